The number of methoxy groups -OCH3 is 1. The molecule has 2 aromatic carbocycles. The van der Waals surface area contributed by atoms with Crippen LogP contribution in [0, 0.1) is 6.92 Å². The smallest absolute Gasteiger partial charge is 0.258 e. The molecule has 1 heterocycles. The molecule has 124 valence electrons. The maximum Gasteiger partial charge on any atom is 0.258 e. The number of aryl methyl sites for hydroxylation is 1. The summed E-state index contributed by atoms with van der Waals surface area (Å²) in [5, 5.41) is 2.79. The number of hydrogen-bond donors (Lipinski definition) is 3. The van der Waals surface area contributed by atoms with Gasteiger partial charge in [-0.3, -0.25) is 15.0 Å². The summed E-state index contributed by atoms with van der Waals surface area (Å²) in [6, 6.07) is 13.6. The maximum atomic E-state index is 12.4. The van der Waals surface area contributed by atoms with Crippen molar-refractivity contribution in [3.63, 3.8) is 0 Å². The minimum absolute atomic E-state index is 0.262. The van der Waals surface area contributed by atoms with Crippen molar-refractivity contribution in [2.45, 2.75) is 19.0 Å². The molecule has 0 radical (unpaired) electrons. The Hall–Kier alpha value is -2.86. The standard InChI is InChI=1S/C18H19N3O3/c1-11-3-5-12(6-4-11)15-16(18(23)21-20-15)19-17(22)13-7-9-14(24-2)10-8-13/h3-10,15-16,20H,1-2H3,(H,19,22)(H,21,23)/t15-,16-/m1/s1. The van der Waals surface area contributed by atoms with Crippen LogP contribution in [0.5, 0.6) is 5.75 Å². The molecule has 24 heavy (non-hydrogen) atoms. The molecule has 0 spiro atoms. The monoisotopic (exact) mass is 325 g/mol. The number of nitrogens with one attached hydrogen (secondary N) is 3. The largest absolute Gasteiger partial charge is 0.497 e. The molecule has 2 amide bonds. The summed E-state index contributed by atoms with van der Waals surface area (Å²) in [6.45, 7) is 2.00. The summed E-state index contributed by atoms with van der Waals surface area (Å²) in [7, 11) is 1.57. The fraction of sp³-hybridized carbons (Fsp3) is 0.222. The summed E-state index contributed by atoms with van der Waals surface area (Å²) >= 11 is 0. The Balaban J connectivity index is 1.76. The van der Waals surface area contributed by atoms with E-state index in [2.05, 4.69) is 16.2 Å². The Morgan fingerprint density at radius 2 is 1.75 bits per heavy atom. The van der Waals surface area contributed by atoms with Gasteiger partial charge in [-0.1, -0.05) is 29.8 Å². The van der Waals surface area contributed by atoms with E-state index >= 15 is 0 Å². The number of ether oxygens (including phenoxy) is 1. The lowest BCUT2D eigenvalue weighted by atomic mass is 9.99. The predicted octanol–water partition coefficient (Wildman–Crippen LogP) is 1.48. The molecule has 1 aliphatic heterocycles. The van der Waals surface area contributed by atoms with Crippen molar-refractivity contribution in [1.82, 2.24) is 16.2 Å². The third-order valence-electron chi connectivity index (χ3n) is 4.04. The fourth-order valence-corrected chi connectivity index (χ4v) is 2.63. The van der Waals surface area contributed by atoms with E-state index in [-0.39, 0.29) is 17.9 Å². The highest BCUT2D eigenvalue weighted by atomic mass is 16.5. The van der Waals surface area contributed by atoms with E-state index in [1.165, 1.54) is 0 Å². The van der Waals surface area contributed by atoms with Crippen LogP contribution >= 0.6 is 0 Å². The van der Waals surface area contributed by atoms with Crippen LogP contribution in [-0.4, -0.2) is 25.0 Å². The molecule has 0 bridgehead atoms. The Labute approximate surface area is 140 Å². The SMILES string of the molecule is COc1ccc(C(=O)N[C@H]2C(=O)NN[C@@H]2c2ccc(C)cc2)cc1. The van der Waals surface area contributed by atoms with Gasteiger partial charge in [-0.15, -0.1) is 0 Å². The molecule has 0 unspecified atom stereocenters. The lowest BCUT2D eigenvalue weighted by Crippen LogP contribution is -2.42. The molecular weight excluding hydrogens is 306 g/mol. The molecule has 1 fully saturated rings. The first-order valence-electron chi connectivity index (χ1n) is 7.65. The number of rotatable bonds is 4. The Morgan fingerprint density at radius 1 is 1.08 bits per heavy atom. The zero-order valence-electron chi connectivity index (χ0n) is 13.5. The zero-order chi connectivity index (χ0) is 17.1. The van der Waals surface area contributed by atoms with Crippen molar-refractivity contribution in [3.8, 4) is 5.75 Å². The molecule has 6 nitrogen and oxygen atoms in total. The van der Waals surface area contributed by atoms with Crippen LogP contribution in [-0.2, 0) is 4.79 Å². The second-order valence-corrected chi connectivity index (χ2v) is 5.70. The molecule has 3 N–H and O–H groups in total. The van der Waals surface area contributed by atoms with Gasteiger partial charge in [0.05, 0.1) is 13.2 Å². The normalized spacial score (nSPS) is 19.7. The minimum Gasteiger partial charge on any atom is -0.497 e. The van der Waals surface area contributed by atoms with Crippen molar-refractivity contribution in [1.29, 1.82) is 0 Å². The van der Waals surface area contributed by atoms with Crippen LogP contribution in [0.25, 0.3) is 0 Å². The van der Waals surface area contributed by atoms with Crippen molar-refractivity contribution in [2.75, 3.05) is 7.11 Å². The van der Waals surface area contributed by atoms with Gasteiger partial charge in [0.1, 0.15) is 11.8 Å². The van der Waals surface area contributed by atoms with Gasteiger partial charge in [0, 0.05) is 5.56 Å². The average Bonchev–Trinajstić information content (AvgIpc) is 2.96. The molecule has 2 atom stereocenters. The van der Waals surface area contributed by atoms with Gasteiger partial charge in [-0.05, 0) is 36.8 Å². The van der Waals surface area contributed by atoms with E-state index in [0.29, 0.717) is 11.3 Å². The first-order chi connectivity index (χ1) is 11.6. The highest BCUT2D eigenvalue weighted by molar-refractivity contribution is 5.98. The molecule has 6 heteroatoms. The van der Waals surface area contributed by atoms with Crippen LogP contribution < -0.4 is 20.9 Å². The summed E-state index contributed by atoms with van der Waals surface area (Å²) in [5.74, 6) is 0.102. The second-order valence-electron chi connectivity index (χ2n) is 5.70. The van der Waals surface area contributed by atoms with Crippen molar-refractivity contribution < 1.29 is 14.3 Å². The molecule has 0 aliphatic carbocycles. The Morgan fingerprint density at radius 3 is 2.38 bits per heavy atom. The van der Waals surface area contributed by atoms with Crippen LogP contribution in [0.2, 0.25) is 0 Å². The van der Waals surface area contributed by atoms with Gasteiger partial charge in [0.25, 0.3) is 11.8 Å². The van der Waals surface area contributed by atoms with Gasteiger partial charge >= 0.3 is 0 Å². The molecular formula is C18H19N3O3. The van der Waals surface area contributed by atoms with Crippen LogP contribution in [0.1, 0.15) is 27.5 Å². The zero-order valence-corrected chi connectivity index (χ0v) is 13.5. The van der Waals surface area contributed by atoms with Crippen molar-refractivity contribution in [3.05, 3.63) is 65.2 Å². The third kappa shape index (κ3) is 3.23. The number of hydrogen-bond acceptors (Lipinski definition) is 4. The van der Waals surface area contributed by atoms with Gasteiger partial charge < -0.3 is 10.1 Å². The Kier molecular flexibility index (Phi) is 4.48. The number of carbonyl (C=O) groups excluding carboxylic acids is 2. The summed E-state index contributed by atoms with van der Waals surface area (Å²) in [5.41, 5.74) is 8.05. The van der Waals surface area contributed by atoms with Crippen molar-refractivity contribution >= 4 is 11.8 Å². The first-order valence-corrected chi connectivity index (χ1v) is 7.65. The summed E-state index contributed by atoms with van der Waals surface area (Å²) in [4.78, 5) is 24.5. The number of benzene rings is 2. The average molecular weight is 325 g/mol. The lowest BCUT2D eigenvalue weighted by Gasteiger charge is -2.18. The maximum absolute atomic E-state index is 12.4. The van der Waals surface area contributed by atoms with Gasteiger partial charge in [0.15, 0.2) is 0 Å². The van der Waals surface area contributed by atoms with Crippen molar-refractivity contribution in [2.24, 2.45) is 0 Å². The first kappa shape index (κ1) is 16.0. The molecule has 0 saturated carbocycles. The number of amides is 2. The van der Waals surface area contributed by atoms with E-state index in [1.807, 2.05) is 31.2 Å². The predicted molar refractivity (Wildman–Crippen MR) is 89.4 cm³/mol. The summed E-state index contributed by atoms with van der Waals surface area (Å²) in [6.07, 6.45) is 0. The molecule has 2 aromatic rings. The minimum atomic E-state index is -0.678. The lowest BCUT2D eigenvalue weighted by molar-refractivity contribution is -0.121. The third-order valence-corrected chi connectivity index (χ3v) is 4.04. The molecule has 3 rings (SSSR count). The molecule has 0 aromatic heterocycles. The van der Waals surface area contributed by atoms with Gasteiger partial charge in [-0.2, -0.15) is 0 Å². The van der Waals surface area contributed by atoms with Crippen LogP contribution in [0.3, 0.4) is 0 Å². The van der Waals surface area contributed by atoms with E-state index in [9.17, 15) is 9.59 Å². The van der Waals surface area contributed by atoms with Gasteiger partial charge in [-0.25, -0.2) is 5.43 Å². The van der Waals surface area contributed by atoms with Crippen LogP contribution in [0.4, 0.5) is 0 Å². The highest BCUT2D eigenvalue weighted by Crippen LogP contribution is 2.21. The number of hydrazine groups is 1. The summed E-state index contributed by atoms with van der Waals surface area (Å²) < 4.78 is 5.08. The topological polar surface area (TPSA) is 79.5 Å². The van der Waals surface area contributed by atoms with E-state index in [0.717, 1.165) is 11.1 Å². The molecule has 1 saturated heterocycles. The molecule has 1 aliphatic rings. The van der Waals surface area contributed by atoms with Gasteiger partial charge in [0.2, 0.25) is 0 Å². The van der Waals surface area contributed by atoms with Crippen LogP contribution in [0.15, 0.2) is 48.5 Å². The second kappa shape index (κ2) is 6.72. The van der Waals surface area contributed by atoms with E-state index in [4.69, 9.17) is 4.74 Å². The highest BCUT2D eigenvalue weighted by Gasteiger charge is 2.36. The quantitative estimate of drug-likeness (QED) is 0.795. The van der Waals surface area contributed by atoms with E-state index in [1.54, 1.807) is 31.4 Å². The number of carbonyl (C=O) groups is 2. The Bertz CT molecular complexity index is 741. The fourth-order valence-electron chi connectivity index (χ4n) is 2.63. The van der Waals surface area contributed by atoms with E-state index < -0.39 is 6.04 Å².